The summed E-state index contributed by atoms with van der Waals surface area (Å²) < 4.78 is 29.6. The van der Waals surface area contributed by atoms with Crippen LogP contribution < -0.4 is 5.73 Å². The minimum atomic E-state index is -4.04. The van der Waals surface area contributed by atoms with E-state index in [1.54, 1.807) is 0 Å². The summed E-state index contributed by atoms with van der Waals surface area (Å²) in [6.07, 6.45) is 1.93. The van der Waals surface area contributed by atoms with Crippen molar-refractivity contribution < 1.29 is 13.0 Å². The Hall–Kier alpha value is -0.130. The van der Waals surface area contributed by atoms with Gasteiger partial charge in [-0.3, -0.25) is 4.55 Å². The summed E-state index contributed by atoms with van der Waals surface area (Å²) in [5.41, 5.74) is 5.42. The van der Waals surface area contributed by atoms with Crippen LogP contribution >= 0.6 is 0 Å². The summed E-state index contributed by atoms with van der Waals surface area (Å²) in [7, 11) is -4.04. The fourth-order valence-electron chi connectivity index (χ4n) is 0.983. The molecule has 0 aromatic rings. The normalized spacial score (nSPS) is 15.8. The Morgan fingerprint density at radius 1 is 1.38 bits per heavy atom. The average Bonchev–Trinajstić information content (AvgIpc) is 1.82. The van der Waals surface area contributed by atoms with Crippen molar-refractivity contribution in [3.8, 4) is 0 Å². The molecule has 0 heterocycles. The van der Waals surface area contributed by atoms with Gasteiger partial charge in [-0.05, 0) is 18.3 Å². The number of hydrogen-bond donors (Lipinski definition) is 2. The molecule has 0 aliphatic heterocycles. The van der Waals surface area contributed by atoms with Crippen molar-refractivity contribution >= 4 is 10.1 Å². The maximum absolute atomic E-state index is 10.5. The minimum absolute atomic E-state index is 0.180. The van der Waals surface area contributed by atoms with Crippen LogP contribution in [0.1, 0.15) is 40.0 Å². The SMILES string of the molecule is CC(C)(C)CCCC(N)S(=O)(=O)O. The van der Waals surface area contributed by atoms with Gasteiger partial charge in [0.2, 0.25) is 0 Å². The zero-order valence-corrected chi connectivity index (χ0v) is 9.26. The molecule has 3 N–H and O–H groups in total. The molecule has 0 radical (unpaired) electrons. The number of hydrogen-bond acceptors (Lipinski definition) is 3. The maximum Gasteiger partial charge on any atom is 0.280 e. The molecule has 0 aliphatic rings. The first-order valence-corrected chi connectivity index (χ1v) is 5.85. The second-order valence-electron chi connectivity index (χ2n) is 4.51. The lowest BCUT2D eigenvalue weighted by molar-refractivity contribution is 0.356. The molecule has 5 heteroatoms. The molecule has 0 aromatic heterocycles. The van der Waals surface area contributed by atoms with Gasteiger partial charge < -0.3 is 5.73 Å². The Kier molecular flexibility index (Phi) is 4.35. The van der Waals surface area contributed by atoms with Crippen LogP contribution in [-0.2, 0) is 10.1 Å². The molecule has 0 rings (SSSR count). The monoisotopic (exact) mass is 209 g/mol. The molecule has 1 unspecified atom stereocenters. The molecule has 0 bridgehead atoms. The lowest BCUT2D eigenvalue weighted by Crippen LogP contribution is -2.30. The summed E-state index contributed by atoms with van der Waals surface area (Å²) in [5.74, 6) is 0. The lowest BCUT2D eigenvalue weighted by atomic mass is 9.90. The van der Waals surface area contributed by atoms with Crippen molar-refractivity contribution in [1.82, 2.24) is 0 Å². The van der Waals surface area contributed by atoms with E-state index in [-0.39, 0.29) is 5.41 Å². The summed E-state index contributed by atoms with van der Waals surface area (Å²) >= 11 is 0. The van der Waals surface area contributed by atoms with E-state index in [1.165, 1.54) is 0 Å². The number of nitrogens with two attached hydrogens (primary N) is 1. The van der Waals surface area contributed by atoms with E-state index in [0.717, 1.165) is 6.42 Å². The van der Waals surface area contributed by atoms with E-state index < -0.39 is 15.5 Å². The van der Waals surface area contributed by atoms with E-state index in [1.807, 2.05) is 0 Å². The first kappa shape index (κ1) is 12.9. The molecule has 13 heavy (non-hydrogen) atoms. The van der Waals surface area contributed by atoms with E-state index in [2.05, 4.69) is 20.8 Å². The maximum atomic E-state index is 10.5. The summed E-state index contributed by atoms with van der Waals surface area (Å²) in [5, 5.41) is -1.13. The largest absolute Gasteiger partial charge is 0.313 e. The molecule has 0 spiro atoms. The van der Waals surface area contributed by atoms with Gasteiger partial charge in [-0.2, -0.15) is 8.42 Å². The van der Waals surface area contributed by atoms with E-state index >= 15 is 0 Å². The second kappa shape index (κ2) is 4.39. The Balaban J connectivity index is 3.80. The highest BCUT2D eigenvalue weighted by atomic mass is 32.2. The predicted octanol–water partition coefficient (Wildman–Crippen LogP) is 1.38. The van der Waals surface area contributed by atoms with Crippen molar-refractivity contribution in [2.24, 2.45) is 11.1 Å². The molecule has 0 amide bonds. The molecule has 0 aliphatic carbocycles. The van der Waals surface area contributed by atoms with Gasteiger partial charge in [0.1, 0.15) is 5.37 Å². The van der Waals surface area contributed by atoms with E-state index in [9.17, 15) is 8.42 Å². The Morgan fingerprint density at radius 2 is 1.85 bits per heavy atom. The molecule has 80 valence electrons. The van der Waals surface area contributed by atoms with Gasteiger partial charge >= 0.3 is 0 Å². The van der Waals surface area contributed by atoms with Gasteiger partial charge in [-0.15, -0.1) is 0 Å². The molecule has 0 aromatic carbocycles. The van der Waals surface area contributed by atoms with E-state index in [0.29, 0.717) is 12.8 Å². The fraction of sp³-hybridized carbons (Fsp3) is 1.00. The average molecular weight is 209 g/mol. The Labute approximate surface area is 80.3 Å². The van der Waals surface area contributed by atoms with Gasteiger partial charge in [0, 0.05) is 0 Å². The first-order chi connectivity index (χ1) is 5.63. The van der Waals surface area contributed by atoms with Crippen LogP contribution in [0.25, 0.3) is 0 Å². The van der Waals surface area contributed by atoms with Crippen molar-refractivity contribution in [2.75, 3.05) is 0 Å². The molecule has 0 saturated heterocycles. The van der Waals surface area contributed by atoms with Gasteiger partial charge in [0.25, 0.3) is 10.1 Å². The summed E-state index contributed by atoms with van der Waals surface area (Å²) in [4.78, 5) is 0. The predicted molar refractivity (Wildman–Crippen MR) is 52.8 cm³/mol. The van der Waals surface area contributed by atoms with Crippen LogP contribution in [0.2, 0.25) is 0 Å². The molecule has 0 saturated carbocycles. The Morgan fingerprint density at radius 3 is 2.15 bits per heavy atom. The van der Waals surface area contributed by atoms with Gasteiger partial charge in [-0.1, -0.05) is 27.2 Å². The van der Waals surface area contributed by atoms with Gasteiger partial charge in [0.15, 0.2) is 0 Å². The summed E-state index contributed by atoms with van der Waals surface area (Å²) in [6, 6.07) is 0. The lowest BCUT2D eigenvalue weighted by Gasteiger charge is -2.18. The van der Waals surface area contributed by atoms with Crippen LogP contribution in [0.5, 0.6) is 0 Å². The highest BCUT2D eigenvalue weighted by Crippen LogP contribution is 2.22. The summed E-state index contributed by atoms with van der Waals surface area (Å²) in [6.45, 7) is 6.23. The third-order valence-electron chi connectivity index (χ3n) is 1.80. The van der Waals surface area contributed by atoms with Crippen molar-refractivity contribution in [2.45, 2.75) is 45.4 Å². The quantitative estimate of drug-likeness (QED) is 0.685. The topological polar surface area (TPSA) is 80.4 Å². The standard InChI is InChI=1S/C8H19NO3S/c1-8(2,3)6-4-5-7(9)13(10,11)12/h7H,4-6,9H2,1-3H3,(H,10,11,12). The second-order valence-corrected chi connectivity index (χ2v) is 6.14. The van der Waals surface area contributed by atoms with Crippen molar-refractivity contribution in [3.63, 3.8) is 0 Å². The van der Waals surface area contributed by atoms with Crippen molar-refractivity contribution in [1.29, 1.82) is 0 Å². The van der Waals surface area contributed by atoms with Crippen molar-refractivity contribution in [3.05, 3.63) is 0 Å². The highest BCUT2D eigenvalue weighted by Gasteiger charge is 2.18. The third-order valence-corrected chi connectivity index (χ3v) is 2.80. The van der Waals surface area contributed by atoms with E-state index in [4.69, 9.17) is 10.3 Å². The molecule has 1 atom stereocenters. The zero-order valence-electron chi connectivity index (χ0n) is 8.45. The van der Waals surface area contributed by atoms with Crippen LogP contribution in [-0.4, -0.2) is 18.3 Å². The molecular formula is C8H19NO3S. The third kappa shape index (κ3) is 6.98. The molecule has 0 fully saturated rings. The van der Waals surface area contributed by atoms with Crippen LogP contribution in [0.3, 0.4) is 0 Å². The number of rotatable bonds is 4. The Bertz CT molecular complexity index is 241. The first-order valence-electron chi connectivity index (χ1n) is 4.35. The minimum Gasteiger partial charge on any atom is -0.313 e. The van der Waals surface area contributed by atoms with Gasteiger partial charge in [0.05, 0.1) is 0 Å². The molecule has 4 nitrogen and oxygen atoms in total. The van der Waals surface area contributed by atoms with Gasteiger partial charge in [-0.25, -0.2) is 0 Å². The highest BCUT2D eigenvalue weighted by molar-refractivity contribution is 7.86. The van der Waals surface area contributed by atoms with Crippen LogP contribution in [0.4, 0.5) is 0 Å². The van der Waals surface area contributed by atoms with Crippen LogP contribution in [0, 0.1) is 5.41 Å². The zero-order chi connectivity index (χ0) is 10.7. The smallest absolute Gasteiger partial charge is 0.280 e. The fourth-order valence-corrected chi connectivity index (χ4v) is 1.45. The van der Waals surface area contributed by atoms with Crippen LogP contribution in [0.15, 0.2) is 0 Å². The molecular weight excluding hydrogens is 190 g/mol.